The van der Waals surface area contributed by atoms with E-state index in [4.69, 9.17) is 23.1 Å². The summed E-state index contributed by atoms with van der Waals surface area (Å²) in [5.74, 6) is -0.172. The molecule has 0 aliphatic rings. The molecule has 2 aromatic heterocycles. The molecule has 0 bridgehead atoms. The van der Waals surface area contributed by atoms with E-state index in [9.17, 15) is 4.79 Å². The van der Waals surface area contributed by atoms with Gasteiger partial charge < -0.3 is 11.5 Å². The van der Waals surface area contributed by atoms with Gasteiger partial charge in [0.15, 0.2) is 0 Å². The molecule has 0 unspecified atom stereocenters. The lowest BCUT2D eigenvalue weighted by Crippen LogP contribution is -2.11. The zero-order valence-corrected chi connectivity index (χ0v) is 8.52. The molecule has 0 spiro atoms. The van der Waals surface area contributed by atoms with Gasteiger partial charge in [0.1, 0.15) is 5.82 Å². The summed E-state index contributed by atoms with van der Waals surface area (Å²) in [5, 5.41) is 0.677. The maximum atomic E-state index is 11.0. The number of carbonyl (C=O) groups is 1. The third kappa shape index (κ3) is 1.30. The molecule has 0 aliphatic carbocycles. The Hall–Kier alpha value is -1.33. The molecule has 0 aliphatic heterocycles. The van der Waals surface area contributed by atoms with Crippen LogP contribution in [0, 0.1) is 0 Å². The van der Waals surface area contributed by atoms with E-state index in [1.54, 1.807) is 6.07 Å². The average Bonchev–Trinajstić information content (AvgIpc) is 2.47. The first kappa shape index (κ1) is 9.23. The van der Waals surface area contributed by atoms with Gasteiger partial charge in [0, 0.05) is 11.6 Å². The number of pyridine rings is 1. The molecular weight excluding hydrogens is 222 g/mol. The quantitative estimate of drug-likeness (QED) is 0.777. The lowest BCUT2D eigenvalue weighted by molar-refractivity contribution is 0.100. The number of nitrogens with zero attached hydrogens (tertiary/aromatic N) is 1. The van der Waals surface area contributed by atoms with Crippen molar-refractivity contribution in [2.45, 2.75) is 0 Å². The topological polar surface area (TPSA) is 82.0 Å². The van der Waals surface area contributed by atoms with Gasteiger partial charge in [0.05, 0.1) is 14.6 Å². The summed E-state index contributed by atoms with van der Waals surface area (Å²) in [6.07, 6.45) is 1.37. The van der Waals surface area contributed by atoms with Gasteiger partial charge in [0.2, 0.25) is 0 Å². The molecule has 1 amide bonds. The average molecular weight is 228 g/mol. The van der Waals surface area contributed by atoms with E-state index in [0.29, 0.717) is 25.8 Å². The van der Waals surface area contributed by atoms with Crippen LogP contribution in [0.5, 0.6) is 0 Å². The minimum Gasteiger partial charge on any atom is -0.383 e. The van der Waals surface area contributed by atoms with Crippen LogP contribution in [0.2, 0.25) is 4.34 Å². The number of anilines is 1. The van der Waals surface area contributed by atoms with E-state index in [1.165, 1.54) is 17.5 Å². The number of nitrogens with two attached hydrogens (primary N) is 2. The van der Waals surface area contributed by atoms with Gasteiger partial charge in [-0.05, 0) is 6.07 Å². The van der Waals surface area contributed by atoms with Gasteiger partial charge in [-0.3, -0.25) is 4.79 Å². The van der Waals surface area contributed by atoms with Crippen molar-refractivity contribution in [3.05, 3.63) is 22.2 Å². The normalized spacial score (nSPS) is 10.6. The van der Waals surface area contributed by atoms with Gasteiger partial charge >= 0.3 is 0 Å². The highest BCUT2D eigenvalue weighted by molar-refractivity contribution is 7.23. The molecule has 2 heterocycles. The molecule has 72 valence electrons. The molecule has 0 fully saturated rings. The zero-order valence-electron chi connectivity index (χ0n) is 6.95. The monoisotopic (exact) mass is 227 g/mol. The van der Waals surface area contributed by atoms with Gasteiger partial charge in [-0.2, -0.15) is 0 Å². The minimum absolute atomic E-state index is 0.353. The Labute approximate surface area is 88.5 Å². The number of nitrogen functional groups attached to an aromatic ring is 1. The fourth-order valence-electron chi connectivity index (χ4n) is 1.19. The Morgan fingerprint density at radius 3 is 2.93 bits per heavy atom. The first-order valence-corrected chi connectivity index (χ1v) is 4.92. The van der Waals surface area contributed by atoms with Crippen LogP contribution in [0.3, 0.4) is 0 Å². The SMILES string of the molecule is NC(=O)c1cnc(N)c2cc(Cl)sc12. The van der Waals surface area contributed by atoms with E-state index < -0.39 is 5.91 Å². The fraction of sp³-hybridized carbons (Fsp3) is 0. The number of fused-ring (bicyclic) bond motifs is 1. The smallest absolute Gasteiger partial charge is 0.251 e. The van der Waals surface area contributed by atoms with Gasteiger partial charge in [-0.15, -0.1) is 11.3 Å². The molecule has 4 nitrogen and oxygen atoms in total. The van der Waals surface area contributed by atoms with Crippen LogP contribution >= 0.6 is 22.9 Å². The van der Waals surface area contributed by atoms with Crippen LogP contribution in [-0.2, 0) is 0 Å². The highest BCUT2D eigenvalue weighted by atomic mass is 35.5. The van der Waals surface area contributed by atoms with Gasteiger partial charge in [-0.1, -0.05) is 11.6 Å². The van der Waals surface area contributed by atoms with E-state index in [1.807, 2.05) is 0 Å². The van der Waals surface area contributed by atoms with Crippen molar-refractivity contribution in [3.63, 3.8) is 0 Å². The summed E-state index contributed by atoms with van der Waals surface area (Å²) in [6.45, 7) is 0. The molecular formula is C8H6ClN3OS. The Bertz CT molecular complexity index is 523. The fourth-order valence-corrected chi connectivity index (χ4v) is 2.44. The summed E-state index contributed by atoms with van der Waals surface area (Å²) in [7, 11) is 0. The lowest BCUT2D eigenvalue weighted by atomic mass is 10.2. The number of thiophene rings is 1. The van der Waals surface area contributed by atoms with Crippen molar-refractivity contribution in [2.24, 2.45) is 5.73 Å². The highest BCUT2D eigenvalue weighted by Gasteiger charge is 2.12. The number of hydrogen-bond acceptors (Lipinski definition) is 4. The third-order valence-electron chi connectivity index (χ3n) is 1.82. The van der Waals surface area contributed by atoms with Crippen molar-refractivity contribution in [1.82, 2.24) is 4.98 Å². The first-order valence-electron chi connectivity index (χ1n) is 3.73. The summed E-state index contributed by atoms with van der Waals surface area (Å²) < 4.78 is 1.25. The number of primary amides is 1. The molecule has 2 rings (SSSR count). The predicted molar refractivity (Wildman–Crippen MR) is 57.6 cm³/mol. The van der Waals surface area contributed by atoms with E-state index in [-0.39, 0.29) is 0 Å². The lowest BCUT2D eigenvalue weighted by Gasteiger charge is -1.98. The Kier molecular flexibility index (Phi) is 2.05. The zero-order chi connectivity index (χ0) is 10.3. The van der Waals surface area contributed by atoms with Gasteiger partial charge in [-0.25, -0.2) is 4.98 Å². The van der Waals surface area contributed by atoms with Crippen LogP contribution in [0.15, 0.2) is 12.3 Å². The highest BCUT2D eigenvalue weighted by Crippen LogP contribution is 2.33. The Morgan fingerprint density at radius 2 is 2.29 bits per heavy atom. The number of carbonyl (C=O) groups excluding carboxylic acids is 1. The van der Waals surface area contributed by atoms with E-state index in [0.717, 1.165) is 0 Å². The van der Waals surface area contributed by atoms with Crippen molar-refractivity contribution < 1.29 is 4.79 Å². The van der Waals surface area contributed by atoms with Crippen molar-refractivity contribution in [3.8, 4) is 0 Å². The number of aromatic nitrogens is 1. The summed E-state index contributed by atoms with van der Waals surface area (Å²) in [5.41, 5.74) is 11.2. The van der Waals surface area contributed by atoms with E-state index in [2.05, 4.69) is 4.98 Å². The summed E-state index contributed by atoms with van der Waals surface area (Å²) in [4.78, 5) is 14.9. The van der Waals surface area contributed by atoms with Crippen LogP contribution in [0.4, 0.5) is 5.82 Å². The van der Waals surface area contributed by atoms with Gasteiger partial charge in [0.25, 0.3) is 5.91 Å². The maximum absolute atomic E-state index is 11.0. The molecule has 4 N–H and O–H groups in total. The predicted octanol–water partition coefficient (Wildman–Crippen LogP) is 1.63. The van der Waals surface area contributed by atoms with Crippen LogP contribution < -0.4 is 11.5 Å². The van der Waals surface area contributed by atoms with Crippen molar-refractivity contribution in [2.75, 3.05) is 5.73 Å². The molecule has 6 heteroatoms. The number of halogens is 1. The number of rotatable bonds is 1. The molecule has 0 saturated carbocycles. The van der Waals surface area contributed by atoms with Crippen LogP contribution in [-0.4, -0.2) is 10.9 Å². The van der Waals surface area contributed by atoms with Crippen molar-refractivity contribution >= 4 is 44.7 Å². The second-order valence-electron chi connectivity index (χ2n) is 2.71. The second-order valence-corrected chi connectivity index (χ2v) is 4.40. The summed E-state index contributed by atoms with van der Waals surface area (Å²) >= 11 is 7.08. The minimum atomic E-state index is -0.527. The van der Waals surface area contributed by atoms with Crippen LogP contribution in [0.1, 0.15) is 10.4 Å². The molecule has 0 saturated heterocycles. The summed E-state index contributed by atoms with van der Waals surface area (Å²) in [6, 6.07) is 1.68. The largest absolute Gasteiger partial charge is 0.383 e. The third-order valence-corrected chi connectivity index (χ3v) is 3.12. The molecule has 14 heavy (non-hydrogen) atoms. The van der Waals surface area contributed by atoms with E-state index >= 15 is 0 Å². The number of hydrogen-bond donors (Lipinski definition) is 2. The standard InChI is InChI=1S/C8H6ClN3OS/c9-5-1-3-6(14-5)4(8(11)13)2-12-7(3)10/h1-2H,(H2,10,12)(H2,11,13). The number of amides is 1. The first-order chi connectivity index (χ1) is 6.59. The Balaban J connectivity index is 2.87. The molecule has 2 aromatic rings. The molecule has 0 atom stereocenters. The van der Waals surface area contributed by atoms with Crippen LogP contribution in [0.25, 0.3) is 10.1 Å². The molecule has 0 radical (unpaired) electrons. The maximum Gasteiger partial charge on any atom is 0.251 e. The van der Waals surface area contributed by atoms with Crippen molar-refractivity contribution in [1.29, 1.82) is 0 Å². The Morgan fingerprint density at radius 1 is 1.57 bits per heavy atom. The second kappa shape index (κ2) is 3.11. The molecule has 0 aromatic carbocycles.